The van der Waals surface area contributed by atoms with E-state index in [4.69, 9.17) is 46.0 Å². The van der Waals surface area contributed by atoms with Crippen LogP contribution in [0.15, 0.2) is 131 Å². The number of phenols is 1. The summed E-state index contributed by atoms with van der Waals surface area (Å²) in [7, 11) is 0. The Hall–Kier alpha value is -11.4. The number of aromatic hydroxyl groups is 1. The second-order valence-electron chi connectivity index (χ2n) is 26.0. The summed E-state index contributed by atoms with van der Waals surface area (Å²) >= 11 is 6.27. The lowest BCUT2D eigenvalue weighted by atomic mass is 9.99. The number of nitrogens with two attached hydrogens (primary N) is 6. The molecule has 1 saturated heterocycles. The minimum atomic E-state index is -1.85. The normalized spacial score (nSPS) is 15.1. The number of H-pyrrole nitrogens is 1. The van der Waals surface area contributed by atoms with Gasteiger partial charge in [-0.3, -0.25) is 62.7 Å². The summed E-state index contributed by atoms with van der Waals surface area (Å²) in [6, 6.07) is 18.5. The standard InChI is InChI=1S/C73H96ClN19O13/c1-41(62(76)97)84-70(105)61-19-11-33-93(61)71(106)55(18-10-32-82-73(79)80)88-64(99)53(16-7-8-30-75)86-63(98)54(17-9-31-81-72(77)78)87-66(101)57(36-44-23-28-50(96)29-24-44)90-69(104)60(40-94)92-68(103)59(38-48-39-83-52-15-6-5-14-51(48)52)91-67(102)58(35-43-21-26-49(74)27-22-43)89-65(100)56(85-42(2)95)37-45-20-25-46-12-3-4-13-47(46)34-45/h3-6,12-15,20-29,34,39,41,53-61,83,94,96H,7-11,16-19,30-33,35-38,40,75H2,1-2H3,(H2,76,97)(H,84,105)(H,85,95)(H,86,98)(H,87,101)(H,88,99)(H,89,100)(H,90,104)(H,91,102)(H,92,103)(H4,77,78,81)(H4,79,80,82)/t41-,53+,54+,55+,56-,57+,58-,59-,60+,61+/m1/s1. The van der Waals surface area contributed by atoms with Gasteiger partial charge in [0.1, 0.15) is 66.2 Å². The molecule has 10 atom stereocenters. The van der Waals surface area contributed by atoms with Crippen LogP contribution >= 0.6 is 11.6 Å². The number of nitrogens with one attached hydrogen (secondary N) is 10. The van der Waals surface area contributed by atoms with Crippen LogP contribution in [0.4, 0.5) is 0 Å². The molecule has 1 aliphatic heterocycles. The van der Waals surface area contributed by atoms with Gasteiger partial charge in [0, 0.05) is 74.4 Å². The topological polar surface area (TPSA) is 536 Å². The lowest BCUT2D eigenvalue weighted by molar-refractivity contribution is -0.142. The Morgan fingerprint density at radius 1 is 0.538 bits per heavy atom. The van der Waals surface area contributed by atoms with Crippen LogP contribution in [-0.4, -0.2) is 190 Å². The smallest absolute Gasteiger partial charge is 0.245 e. The van der Waals surface area contributed by atoms with Crippen LogP contribution < -0.4 is 82.3 Å². The molecule has 0 saturated carbocycles. The van der Waals surface area contributed by atoms with E-state index in [1.54, 1.807) is 54.7 Å². The van der Waals surface area contributed by atoms with Gasteiger partial charge in [0.25, 0.3) is 0 Å². The summed E-state index contributed by atoms with van der Waals surface area (Å²) in [4.78, 5) is 169. The summed E-state index contributed by atoms with van der Waals surface area (Å²) in [6.07, 6.45) is 2.22. The molecular formula is C73H96ClN19O13. The van der Waals surface area contributed by atoms with Crippen molar-refractivity contribution in [2.24, 2.45) is 44.4 Å². The Morgan fingerprint density at radius 2 is 1.00 bits per heavy atom. The number of fused-ring (bicyclic) bond motifs is 2. The molecule has 6 aromatic rings. The largest absolute Gasteiger partial charge is 0.508 e. The molecule has 1 fully saturated rings. The SMILES string of the molecule is CC(=O)N[C@H](Cc1ccc2ccccc2c1)C(=O)N[C@H](Cc1ccc(Cl)cc1)C(=O)N[C@H](Cc1c[nH]c2ccccc12)C(=O)N[C@@H](CO)C(=O)N[C@@H](Cc1ccc(O)cc1)C(=O)N[C@@H](CCCN=C(N)N)C(=O)N[C@@H](CCCCN)C(=O)N[C@@H](CCCN=C(N)N)C(=O)N1CCC[C@H]1C(=O)N[C@H](C)C(N)=O. The van der Waals surface area contributed by atoms with Gasteiger partial charge in [0.15, 0.2) is 11.9 Å². The minimum absolute atomic E-state index is 0.0269. The van der Waals surface area contributed by atoms with Crippen LogP contribution in [0, 0.1) is 0 Å². The maximum atomic E-state index is 15.0. The van der Waals surface area contributed by atoms with Gasteiger partial charge in [-0.25, -0.2) is 0 Å². The van der Waals surface area contributed by atoms with Gasteiger partial charge in [-0.1, -0.05) is 96.5 Å². The average Bonchev–Trinajstić information content (AvgIpc) is 1.66. The highest BCUT2D eigenvalue weighted by Crippen LogP contribution is 2.24. The minimum Gasteiger partial charge on any atom is -0.508 e. The van der Waals surface area contributed by atoms with Crippen molar-refractivity contribution in [3.63, 3.8) is 0 Å². The second-order valence-corrected chi connectivity index (χ2v) is 26.5. The highest BCUT2D eigenvalue weighted by Gasteiger charge is 2.40. The number of primary amides is 1. The maximum absolute atomic E-state index is 15.0. The number of carbonyl (C=O) groups excluding carboxylic acids is 11. The van der Waals surface area contributed by atoms with Crippen molar-refractivity contribution >= 4 is 110 Å². The molecule has 33 heteroatoms. The summed E-state index contributed by atoms with van der Waals surface area (Å²) in [5.74, 6) is -9.70. The molecule has 5 aromatic carbocycles. The van der Waals surface area contributed by atoms with Gasteiger partial charge in [0.05, 0.1) is 6.61 Å². The average molecular weight is 1480 g/mol. The number of aliphatic hydroxyl groups excluding tert-OH is 1. The third-order valence-electron chi connectivity index (χ3n) is 17.8. The molecule has 0 radical (unpaired) electrons. The number of para-hydroxylation sites is 1. The quantitative estimate of drug-likeness (QED) is 0.0125. The van der Waals surface area contributed by atoms with Crippen LogP contribution in [0.5, 0.6) is 5.75 Å². The summed E-state index contributed by atoms with van der Waals surface area (Å²) < 4.78 is 0. The van der Waals surface area contributed by atoms with E-state index in [0.29, 0.717) is 51.0 Å². The van der Waals surface area contributed by atoms with Gasteiger partial charge in [-0.2, -0.15) is 0 Å². The van der Waals surface area contributed by atoms with Crippen LogP contribution in [0.1, 0.15) is 93.9 Å². The number of nitrogens with zero attached hydrogens (tertiary/aromatic N) is 3. The van der Waals surface area contributed by atoms with E-state index >= 15 is 9.59 Å². The van der Waals surface area contributed by atoms with Crippen molar-refractivity contribution in [3.05, 3.63) is 149 Å². The van der Waals surface area contributed by atoms with E-state index in [9.17, 15) is 53.4 Å². The zero-order chi connectivity index (χ0) is 77.0. The van der Waals surface area contributed by atoms with Crippen LogP contribution in [-0.2, 0) is 78.4 Å². The fourth-order valence-electron chi connectivity index (χ4n) is 12.2. The highest BCUT2D eigenvalue weighted by atomic mass is 35.5. The fourth-order valence-corrected chi connectivity index (χ4v) is 12.3. The van der Waals surface area contributed by atoms with E-state index in [0.717, 1.165) is 10.8 Å². The molecule has 1 aliphatic rings. The summed E-state index contributed by atoms with van der Waals surface area (Å²) in [6.45, 7) is 1.90. The van der Waals surface area contributed by atoms with Crippen molar-refractivity contribution in [2.45, 2.75) is 158 Å². The molecule has 7 rings (SSSR count). The van der Waals surface area contributed by atoms with Gasteiger partial charge in [-0.05, 0) is 135 Å². The first kappa shape index (κ1) is 81.9. The zero-order valence-corrected chi connectivity index (χ0v) is 59.9. The van der Waals surface area contributed by atoms with Crippen LogP contribution in [0.2, 0.25) is 5.02 Å². The lowest BCUT2D eigenvalue weighted by Crippen LogP contribution is -2.61. The van der Waals surface area contributed by atoms with Crippen molar-refractivity contribution in [2.75, 3.05) is 32.8 Å². The van der Waals surface area contributed by atoms with Crippen molar-refractivity contribution in [1.82, 2.24) is 57.7 Å². The molecule has 32 nitrogen and oxygen atoms in total. The number of aromatic nitrogens is 1. The molecular weight excluding hydrogens is 1390 g/mol. The van der Waals surface area contributed by atoms with Gasteiger partial charge >= 0.3 is 0 Å². The van der Waals surface area contributed by atoms with Gasteiger partial charge < -0.3 is 102 Å². The van der Waals surface area contributed by atoms with Crippen molar-refractivity contribution in [3.8, 4) is 5.75 Å². The number of hydrogen-bond donors (Lipinski definition) is 18. The van der Waals surface area contributed by atoms with E-state index in [-0.39, 0.29) is 114 Å². The Labute approximate surface area is 617 Å². The number of aliphatic imine (C=N–C) groups is 2. The molecule has 2 heterocycles. The van der Waals surface area contributed by atoms with Crippen molar-refractivity contribution in [1.29, 1.82) is 0 Å². The molecule has 0 bridgehead atoms. The second kappa shape index (κ2) is 40.6. The Morgan fingerprint density at radius 3 is 1.56 bits per heavy atom. The van der Waals surface area contributed by atoms with E-state index in [1.165, 1.54) is 43.0 Å². The zero-order valence-electron chi connectivity index (χ0n) is 59.1. The number of likely N-dealkylation sites (tertiary alicyclic amines) is 1. The molecule has 0 aliphatic carbocycles. The number of aliphatic hydroxyl groups is 1. The van der Waals surface area contributed by atoms with Gasteiger partial charge in [-0.15, -0.1) is 0 Å². The number of unbranched alkanes of at least 4 members (excludes halogenated alkanes) is 1. The van der Waals surface area contributed by atoms with Crippen molar-refractivity contribution < 1.29 is 63.0 Å². The number of benzene rings is 5. The van der Waals surface area contributed by atoms with E-state index in [1.807, 2.05) is 42.5 Å². The number of amides is 11. The molecule has 0 unspecified atom stereocenters. The summed E-state index contributed by atoms with van der Waals surface area (Å²) in [5.41, 5.74) is 36.5. The number of guanidine groups is 2. The van der Waals surface area contributed by atoms with Gasteiger partial charge in [0.2, 0.25) is 65.0 Å². The maximum Gasteiger partial charge on any atom is 0.245 e. The molecule has 568 valence electrons. The van der Waals surface area contributed by atoms with Crippen LogP contribution in [0.25, 0.3) is 21.7 Å². The van der Waals surface area contributed by atoms with E-state index < -0.39 is 132 Å². The lowest BCUT2D eigenvalue weighted by Gasteiger charge is -2.30. The first-order valence-electron chi connectivity index (χ1n) is 35.0. The third kappa shape index (κ3) is 25.2. The molecule has 1 aromatic heterocycles. The Bertz CT molecular complexity index is 4110. The first-order valence-corrected chi connectivity index (χ1v) is 35.3. The number of carbonyl (C=O) groups is 11. The number of halogens is 1. The highest BCUT2D eigenvalue weighted by molar-refractivity contribution is 6.30. The molecule has 106 heavy (non-hydrogen) atoms. The Balaban J connectivity index is 1.15. The number of phenolic OH excluding ortho intramolecular Hbond substituents is 1. The van der Waals surface area contributed by atoms with Crippen LogP contribution in [0.3, 0.4) is 0 Å². The predicted molar refractivity (Wildman–Crippen MR) is 399 cm³/mol. The number of rotatable bonds is 40. The third-order valence-corrected chi connectivity index (χ3v) is 18.1. The fraction of sp³-hybridized carbons (Fsp3) is 0.411. The summed E-state index contributed by atoms with van der Waals surface area (Å²) in [5, 5.41) is 48.3. The molecule has 11 amide bonds. The monoisotopic (exact) mass is 1480 g/mol. The first-order chi connectivity index (χ1) is 50.7. The molecule has 0 spiro atoms. The molecule has 24 N–H and O–H groups in total. The predicted octanol–water partition coefficient (Wildman–Crippen LogP) is -0.942. The number of aromatic amines is 1. The van der Waals surface area contributed by atoms with E-state index in [2.05, 4.69) is 62.8 Å². The number of hydrogen-bond acceptors (Lipinski definition) is 16. The Kier molecular flexibility index (Phi) is 31.4.